The van der Waals surface area contributed by atoms with Gasteiger partial charge in [0.15, 0.2) is 5.69 Å². The van der Waals surface area contributed by atoms with Crippen molar-refractivity contribution in [2.75, 3.05) is 37.0 Å². The van der Waals surface area contributed by atoms with Gasteiger partial charge < -0.3 is 24.8 Å². The first kappa shape index (κ1) is 25.1. The molecule has 1 aliphatic heterocycles. The van der Waals surface area contributed by atoms with Crippen molar-refractivity contribution in [1.82, 2.24) is 29.8 Å². The summed E-state index contributed by atoms with van der Waals surface area (Å²) in [5, 5.41) is 6.94. The zero-order valence-electron chi connectivity index (χ0n) is 21.6. The molecule has 3 aromatic heterocycles. The molecule has 11 heteroatoms. The van der Waals surface area contributed by atoms with Crippen molar-refractivity contribution in [3.63, 3.8) is 0 Å². The van der Waals surface area contributed by atoms with Gasteiger partial charge in [-0.15, -0.1) is 0 Å². The van der Waals surface area contributed by atoms with Crippen LogP contribution in [-0.2, 0) is 17.8 Å². The molecule has 0 fully saturated rings. The van der Waals surface area contributed by atoms with Crippen LogP contribution in [0.5, 0.6) is 0 Å². The lowest BCUT2D eigenvalue weighted by Crippen LogP contribution is -2.34. The molecule has 1 aliphatic rings. The third kappa shape index (κ3) is 4.99. The van der Waals surface area contributed by atoms with Crippen LogP contribution >= 0.6 is 0 Å². The van der Waals surface area contributed by atoms with E-state index >= 15 is 0 Å². The van der Waals surface area contributed by atoms with Crippen LogP contribution in [0.15, 0.2) is 49.1 Å². The Kier molecular flexibility index (Phi) is 7.16. The van der Waals surface area contributed by atoms with Gasteiger partial charge in [0, 0.05) is 56.4 Å². The molecule has 196 valence electrons. The number of hydrogen-bond donors (Lipinski definition) is 2. The number of hydrogen-bond acceptors (Lipinski definition) is 9. The fourth-order valence-electron chi connectivity index (χ4n) is 4.66. The number of para-hydroxylation sites is 1. The maximum absolute atomic E-state index is 12.3. The van der Waals surface area contributed by atoms with Crippen LogP contribution in [0.1, 0.15) is 52.0 Å². The van der Waals surface area contributed by atoms with Gasteiger partial charge in [-0.25, -0.2) is 19.7 Å². The summed E-state index contributed by atoms with van der Waals surface area (Å²) in [7, 11) is 1.62. The molecule has 1 amide bonds. The Balaban J connectivity index is 1.28. The quantitative estimate of drug-likeness (QED) is 0.341. The highest BCUT2D eigenvalue weighted by atomic mass is 16.5. The van der Waals surface area contributed by atoms with Gasteiger partial charge in [0.2, 0.25) is 0 Å². The van der Waals surface area contributed by atoms with E-state index < -0.39 is 5.97 Å². The molecule has 4 heterocycles. The molecule has 0 bridgehead atoms. The lowest BCUT2D eigenvalue weighted by atomic mass is 9.96. The van der Waals surface area contributed by atoms with E-state index in [4.69, 9.17) is 4.74 Å². The summed E-state index contributed by atoms with van der Waals surface area (Å²) in [5.41, 5.74) is 2.80. The molecule has 4 aromatic rings. The smallest absolute Gasteiger partial charge is 0.358 e. The predicted octanol–water partition coefficient (Wildman–Crippen LogP) is 2.99. The van der Waals surface area contributed by atoms with Crippen molar-refractivity contribution in [3.8, 4) is 0 Å². The summed E-state index contributed by atoms with van der Waals surface area (Å²) in [5.74, 6) is 1.85. The van der Waals surface area contributed by atoms with Crippen LogP contribution in [-0.4, -0.2) is 63.1 Å². The third-order valence-corrected chi connectivity index (χ3v) is 6.66. The Hall–Kier alpha value is -4.54. The first-order valence-corrected chi connectivity index (χ1v) is 12.6. The monoisotopic (exact) mass is 514 g/mol. The number of rotatable bonds is 8. The number of amides is 1. The topological polar surface area (TPSA) is 127 Å². The minimum atomic E-state index is -0.408. The van der Waals surface area contributed by atoms with E-state index in [1.165, 1.54) is 0 Å². The minimum absolute atomic E-state index is 0.105. The number of esters is 1. The number of imidazole rings is 1. The van der Waals surface area contributed by atoms with Gasteiger partial charge in [0.1, 0.15) is 23.8 Å². The number of fused-ring (bicyclic) bond motifs is 2. The van der Waals surface area contributed by atoms with E-state index in [1.54, 1.807) is 38.8 Å². The van der Waals surface area contributed by atoms with E-state index in [1.807, 2.05) is 28.8 Å². The summed E-state index contributed by atoms with van der Waals surface area (Å²) in [4.78, 5) is 44.4. The van der Waals surface area contributed by atoms with Crippen molar-refractivity contribution in [2.24, 2.45) is 0 Å². The Morgan fingerprint density at radius 1 is 1.16 bits per heavy atom. The molecule has 5 rings (SSSR count). The number of carbonyl (C=O) groups excluding carboxylic acids is 2. The normalized spacial score (nSPS) is 13.6. The molecule has 0 saturated heterocycles. The maximum atomic E-state index is 12.3. The number of nitrogens with zero attached hydrogens (tertiary/aromatic N) is 6. The minimum Gasteiger partial charge on any atom is -0.461 e. The lowest BCUT2D eigenvalue weighted by molar-refractivity contribution is 0.0519. The van der Waals surface area contributed by atoms with Crippen molar-refractivity contribution in [3.05, 3.63) is 71.7 Å². The Morgan fingerprint density at radius 3 is 2.84 bits per heavy atom. The molecule has 1 atom stereocenters. The highest BCUT2D eigenvalue weighted by Gasteiger charge is 2.23. The zero-order valence-corrected chi connectivity index (χ0v) is 21.6. The molecule has 11 nitrogen and oxygen atoms in total. The fraction of sp³-hybridized carbons (Fsp3) is 0.333. The van der Waals surface area contributed by atoms with Gasteiger partial charge in [-0.05, 0) is 18.6 Å². The van der Waals surface area contributed by atoms with Crippen molar-refractivity contribution < 1.29 is 14.3 Å². The van der Waals surface area contributed by atoms with Gasteiger partial charge in [-0.1, -0.05) is 25.1 Å². The number of anilines is 2. The molecule has 0 aliphatic carbocycles. The van der Waals surface area contributed by atoms with Gasteiger partial charge in [-0.3, -0.25) is 9.78 Å². The molecule has 1 unspecified atom stereocenters. The first-order chi connectivity index (χ1) is 18.5. The zero-order chi connectivity index (χ0) is 26.6. The average Bonchev–Trinajstić information content (AvgIpc) is 3.39. The van der Waals surface area contributed by atoms with Crippen molar-refractivity contribution in [2.45, 2.75) is 32.9 Å². The third-order valence-electron chi connectivity index (χ3n) is 6.66. The Labute approximate surface area is 220 Å². The summed E-state index contributed by atoms with van der Waals surface area (Å²) >= 11 is 0. The van der Waals surface area contributed by atoms with E-state index in [9.17, 15) is 9.59 Å². The van der Waals surface area contributed by atoms with Crippen molar-refractivity contribution >= 4 is 34.4 Å². The maximum Gasteiger partial charge on any atom is 0.358 e. The van der Waals surface area contributed by atoms with Gasteiger partial charge >= 0.3 is 5.97 Å². The Bertz CT molecular complexity index is 1480. The molecular formula is C27H30N8O3. The lowest BCUT2D eigenvalue weighted by Gasteiger charge is -2.28. The van der Waals surface area contributed by atoms with Crippen LogP contribution in [0.4, 0.5) is 11.6 Å². The van der Waals surface area contributed by atoms with E-state index in [-0.39, 0.29) is 11.8 Å². The van der Waals surface area contributed by atoms with E-state index in [0.717, 1.165) is 34.7 Å². The fourth-order valence-corrected chi connectivity index (χ4v) is 4.66. The molecule has 1 aromatic carbocycles. The standard InChI is InChI=1S/C27H30N8O3/c1-4-38-27(37)21-14-34-10-11-35(15-24(34)33-21)23-12-22(31-16-32-23)30-13-17(2)18-6-5-7-19-20(26(36)28-3)8-9-29-25(18)19/h5-9,12,14,16-17H,4,10-11,13,15H2,1-3H3,(H,28,36)(H,30,31,32). The molecule has 0 saturated carbocycles. The van der Waals surface area contributed by atoms with Gasteiger partial charge in [-0.2, -0.15) is 0 Å². The molecular weight excluding hydrogens is 484 g/mol. The number of ether oxygens (including phenoxy) is 1. The van der Waals surface area contributed by atoms with Gasteiger partial charge in [0.05, 0.1) is 24.2 Å². The number of pyridine rings is 1. The molecule has 0 radical (unpaired) electrons. The van der Waals surface area contributed by atoms with E-state index in [0.29, 0.717) is 43.3 Å². The molecule has 2 N–H and O–H groups in total. The highest BCUT2D eigenvalue weighted by molar-refractivity contribution is 6.06. The van der Waals surface area contributed by atoms with Gasteiger partial charge in [0.25, 0.3) is 5.91 Å². The number of aromatic nitrogens is 5. The summed E-state index contributed by atoms with van der Waals surface area (Å²) in [6, 6.07) is 9.58. The first-order valence-electron chi connectivity index (χ1n) is 12.6. The van der Waals surface area contributed by atoms with Crippen LogP contribution < -0.4 is 15.5 Å². The number of nitrogens with one attached hydrogen (secondary N) is 2. The van der Waals surface area contributed by atoms with Crippen LogP contribution in [0.2, 0.25) is 0 Å². The van der Waals surface area contributed by atoms with Crippen LogP contribution in [0.3, 0.4) is 0 Å². The summed E-state index contributed by atoms with van der Waals surface area (Å²) in [6.45, 7) is 6.78. The number of benzene rings is 1. The number of carbonyl (C=O) groups is 2. The second kappa shape index (κ2) is 10.8. The second-order valence-corrected chi connectivity index (χ2v) is 9.10. The summed E-state index contributed by atoms with van der Waals surface area (Å²) < 4.78 is 7.06. The van der Waals surface area contributed by atoms with Crippen LogP contribution in [0, 0.1) is 0 Å². The Morgan fingerprint density at radius 2 is 2.03 bits per heavy atom. The largest absolute Gasteiger partial charge is 0.461 e. The highest BCUT2D eigenvalue weighted by Crippen LogP contribution is 2.27. The van der Waals surface area contributed by atoms with Crippen LogP contribution in [0.25, 0.3) is 10.9 Å². The average molecular weight is 515 g/mol. The SMILES string of the molecule is CCOC(=O)c1cn2c(n1)CN(c1cc(NCC(C)c3cccc4c(C(=O)NC)ccnc34)ncn1)CC2. The predicted molar refractivity (Wildman–Crippen MR) is 143 cm³/mol. The van der Waals surface area contributed by atoms with Crippen molar-refractivity contribution in [1.29, 1.82) is 0 Å². The molecule has 0 spiro atoms. The summed E-state index contributed by atoms with van der Waals surface area (Å²) in [6.07, 6.45) is 4.97. The molecule has 38 heavy (non-hydrogen) atoms. The van der Waals surface area contributed by atoms with E-state index in [2.05, 4.69) is 42.4 Å². The second-order valence-electron chi connectivity index (χ2n) is 9.10.